The maximum Gasteiger partial charge on any atom is 0.307 e. The van der Waals surface area contributed by atoms with Crippen molar-refractivity contribution in [2.75, 3.05) is 7.05 Å². The lowest BCUT2D eigenvalue weighted by Gasteiger charge is -2.07. The van der Waals surface area contributed by atoms with Crippen molar-refractivity contribution < 1.29 is 18.3 Å². The third-order valence-corrected chi connectivity index (χ3v) is 3.39. The molecule has 5 nitrogen and oxygen atoms in total. The summed E-state index contributed by atoms with van der Waals surface area (Å²) < 4.78 is 25.1. The molecule has 0 amide bonds. The van der Waals surface area contributed by atoms with E-state index in [0.717, 1.165) is 0 Å². The summed E-state index contributed by atoms with van der Waals surface area (Å²) in [7, 11) is -2.30. The van der Waals surface area contributed by atoms with Crippen molar-refractivity contribution in [3.05, 3.63) is 29.8 Å². The number of hydrogen-bond donors (Lipinski definition) is 2. The van der Waals surface area contributed by atoms with Crippen molar-refractivity contribution in [3.63, 3.8) is 0 Å². The zero-order valence-electron chi connectivity index (χ0n) is 8.10. The normalized spacial score (nSPS) is 11.3. The topological polar surface area (TPSA) is 83.5 Å². The Labute approximate surface area is 87.8 Å². The number of nitrogens with one attached hydrogen (secondary N) is 1. The Bertz CT molecular complexity index is 467. The second-order valence-corrected chi connectivity index (χ2v) is 4.74. The maximum atomic E-state index is 11.5. The van der Waals surface area contributed by atoms with Gasteiger partial charge in [0.15, 0.2) is 0 Å². The molecular weight excluding hydrogens is 218 g/mol. The largest absolute Gasteiger partial charge is 0.481 e. The van der Waals surface area contributed by atoms with Gasteiger partial charge in [-0.15, -0.1) is 0 Å². The highest BCUT2D eigenvalue weighted by Crippen LogP contribution is 2.15. The van der Waals surface area contributed by atoms with Gasteiger partial charge in [0.25, 0.3) is 0 Å². The van der Waals surface area contributed by atoms with E-state index in [4.69, 9.17) is 5.11 Å². The fourth-order valence-electron chi connectivity index (χ4n) is 1.18. The van der Waals surface area contributed by atoms with Crippen molar-refractivity contribution >= 4 is 16.0 Å². The molecule has 82 valence electrons. The van der Waals surface area contributed by atoms with Gasteiger partial charge in [-0.1, -0.05) is 18.2 Å². The van der Waals surface area contributed by atoms with Crippen LogP contribution in [0.2, 0.25) is 0 Å². The Morgan fingerprint density at radius 3 is 2.53 bits per heavy atom. The molecule has 0 bridgehead atoms. The SMILES string of the molecule is CNS(=O)(=O)c1ccccc1CC(=O)O. The van der Waals surface area contributed by atoms with Crippen LogP contribution in [0.1, 0.15) is 5.56 Å². The van der Waals surface area contributed by atoms with Crippen LogP contribution >= 0.6 is 0 Å². The molecule has 6 heteroatoms. The number of hydrogen-bond acceptors (Lipinski definition) is 3. The van der Waals surface area contributed by atoms with Crippen molar-refractivity contribution in [3.8, 4) is 0 Å². The van der Waals surface area contributed by atoms with Crippen molar-refractivity contribution in [1.29, 1.82) is 0 Å². The van der Waals surface area contributed by atoms with Gasteiger partial charge in [0, 0.05) is 0 Å². The molecule has 2 N–H and O–H groups in total. The van der Waals surface area contributed by atoms with Gasteiger partial charge in [-0.05, 0) is 18.7 Å². The zero-order chi connectivity index (χ0) is 11.5. The lowest BCUT2D eigenvalue weighted by Crippen LogP contribution is -2.20. The highest BCUT2D eigenvalue weighted by molar-refractivity contribution is 7.89. The standard InChI is InChI=1S/C9H11NO4S/c1-10-15(13,14)8-5-3-2-4-7(8)6-9(11)12/h2-5,10H,6H2,1H3,(H,11,12). The van der Waals surface area contributed by atoms with Crippen LogP contribution in [0.15, 0.2) is 29.2 Å². The van der Waals surface area contributed by atoms with E-state index in [9.17, 15) is 13.2 Å². The molecule has 0 aliphatic rings. The molecule has 0 heterocycles. The molecule has 1 rings (SSSR count). The van der Waals surface area contributed by atoms with Crippen LogP contribution in [-0.4, -0.2) is 26.5 Å². The fourth-order valence-corrected chi connectivity index (χ4v) is 2.15. The first-order valence-electron chi connectivity index (χ1n) is 4.20. The number of sulfonamides is 1. The molecule has 1 aromatic carbocycles. The van der Waals surface area contributed by atoms with E-state index >= 15 is 0 Å². The minimum Gasteiger partial charge on any atom is -0.481 e. The molecule has 0 aliphatic carbocycles. The van der Waals surface area contributed by atoms with E-state index in [1.807, 2.05) is 0 Å². The van der Waals surface area contributed by atoms with Crippen molar-refractivity contribution in [1.82, 2.24) is 4.72 Å². The van der Waals surface area contributed by atoms with Gasteiger partial charge in [-0.3, -0.25) is 4.79 Å². The highest BCUT2D eigenvalue weighted by atomic mass is 32.2. The third kappa shape index (κ3) is 2.77. The average Bonchev–Trinajstić information content (AvgIpc) is 2.17. The molecule has 0 fully saturated rings. The van der Waals surface area contributed by atoms with E-state index in [-0.39, 0.29) is 16.9 Å². The Balaban J connectivity index is 3.24. The molecule has 0 saturated heterocycles. The number of aliphatic carboxylic acids is 1. The average molecular weight is 229 g/mol. The molecule has 15 heavy (non-hydrogen) atoms. The second-order valence-electron chi connectivity index (χ2n) is 2.89. The molecule has 0 atom stereocenters. The molecule has 0 spiro atoms. The van der Waals surface area contributed by atoms with Crippen LogP contribution < -0.4 is 4.72 Å². The van der Waals surface area contributed by atoms with Crippen LogP contribution in [0.4, 0.5) is 0 Å². The van der Waals surface area contributed by atoms with Crippen LogP contribution in [0.25, 0.3) is 0 Å². The quantitative estimate of drug-likeness (QED) is 0.773. The van der Waals surface area contributed by atoms with E-state index in [2.05, 4.69) is 4.72 Å². The predicted molar refractivity (Wildman–Crippen MR) is 54.0 cm³/mol. The van der Waals surface area contributed by atoms with E-state index < -0.39 is 16.0 Å². The Hall–Kier alpha value is -1.40. The lowest BCUT2D eigenvalue weighted by atomic mass is 10.1. The first-order valence-corrected chi connectivity index (χ1v) is 5.69. The lowest BCUT2D eigenvalue weighted by molar-refractivity contribution is -0.136. The van der Waals surface area contributed by atoms with E-state index in [1.165, 1.54) is 19.2 Å². The Kier molecular flexibility index (Phi) is 3.43. The summed E-state index contributed by atoms with van der Waals surface area (Å²) in [6.45, 7) is 0. The minimum absolute atomic E-state index is 0.00917. The summed E-state index contributed by atoms with van der Waals surface area (Å²) in [5, 5.41) is 8.61. The number of rotatable bonds is 4. The monoisotopic (exact) mass is 229 g/mol. The van der Waals surface area contributed by atoms with Gasteiger partial charge >= 0.3 is 5.97 Å². The smallest absolute Gasteiger partial charge is 0.307 e. The van der Waals surface area contributed by atoms with Gasteiger partial charge in [0.1, 0.15) is 0 Å². The van der Waals surface area contributed by atoms with Gasteiger partial charge < -0.3 is 5.11 Å². The molecular formula is C9H11NO4S. The first-order chi connectivity index (χ1) is 6.97. The fraction of sp³-hybridized carbons (Fsp3) is 0.222. The molecule has 0 unspecified atom stereocenters. The maximum absolute atomic E-state index is 11.5. The van der Waals surface area contributed by atoms with Crippen LogP contribution in [0.5, 0.6) is 0 Å². The first kappa shape index (κ1) is 11.7. The predicted octanol–water partition coefficient (Wildman–Crippen LogP) is 0.222. The Morgan fingerprint density at radius 1 is 1.40 bits per heavy atom. The minimum atomic E-state index is -3.59. The zero-order valence-corrected chi connectivity index (χ0v) is 8.91. The number of carbonyl (C=O) groups is 1. The van der Waals surface area contributed by atoms with E-state index in [1.54, 1.807) is 12.1 Å². The van der Waals surface area contributed by atoms with E-state index in [0.29, 0.717) is 0 Å². The summed E-state index contributed by atoms with van der Waals surface area (Å²) in [5.74, 6) is -1.06. The molecule has 1 aromatic rings. The van der Waals surface area contributed by atoms with Gasteiger partial charge in [0.05, 0.1) is 11.3 Å². The van der Waals surface area contributed by atoms with Crippen LogP contribution in [0.3, 0.4) is 0 Å². The Morgan fingerprint density at radius 2 is 2.00 bits per heavy atom. The second kappa shape index (κ2) is 4.41. The van der Waals surface area contributed by atoms with Gasteiger partial charge in [-0.25, -0.2) is 13.1 Å². The number of carboxylic acids is 1. The van der Waals surface area contributed by atoms with Crippen molar-refractivity contribution in [2.45, 2.75) is 11.3 Å². The molecule has 0 radical (unpaired) electrons. The summed E-state index contributed by atoms with van der Waals surface area (Å²) in [4.78, 5) is 10.5. The molecule has 0 aromatic heterocycles. The summed E-state index contributed by atoms with van der Waals surface area (Å²) in [6, 6.07) is 6.02. The summed E-state index contributed by atoms with van der Waals surface area (Å²) >= 11 is 0. The van der Waals surface area contributed by atoms with Gasteiger partial charge in [0.2, 0.25) is 10.0 Å². The van der Waals surface area contributed by atoms with Crippen molar-refractivity contribution in [2.24, 2.45) is 0 Å². The molecule has 0 aliphatic heterocycles. The number of carboxylic acid groups (broad SMARTS) is 1. The van der Waals surface area contributed by atoms with Gasteiger partial charge in [-0.2, -0.15) is 0 Å². The van der Waals surface area contributed by atoms with Crippen LogP contribution in [-0.2, 0) is 21.2 Å². The summed E-state index contributed by atoms with van der Waals surface area (Å²) in [5.41, 5.74) is 0.277. The highest BCUT2D eigenvalue weighted by Gasteiger charge is 2.17. The van der Waals surface area contributed by atoms with Crippen LogP contribution in [0, 0.1) is 0 Å². The number of benzene rings is 1. The third-order valence-electron chi connectivity index (χ3n) is 1.87. The molecule has 0 saturated carbocycles. The summed E-state index contributed by atoms with van der Waals surface area (Å²) in [6.07, 6.45) is -0.308.